The summed E-state index contributed by atoms with van der Waals surface area (Å²) in [5.41, 5.74) is 2.30. The Kier molecular flexibility index (Phi) is 5.05. The summed E-state index contributed by atoms with van der Waals surface area (Å²) in [6, 6.07) is 0. The van der Waals surface area contributed by atoms with Gasteiger partial charge in [0, 0.05) is 7.05 Å². The molecule has 0 spiro atoms. The molecule has 0 fully saturated rings. The molecule has 11 heavy (non-hydrogen) atoms. The third kappa shape index (κ3) is 2.58. The van der Waals surface area contributed by atoms with Crippen LogP contribution in [0.25, 0.3) is 0 Å². The summed E-state index contributed by atoms with van der Waals surface area (Å²) in [5.74, 6) is 0. The quantitative estimate of drug-likeness (QED) is 0.595. The van der Waals surface area contributed by atoms with E-state index in [-0.39, 0.29) is 0 Å². The highest BCUT2D eigenvalue weighted by molar-refractivity contribution is 7.46. The Balaban J connectivity index is 0.000000461. The molecule has 0 amide bonds. The maximum atomic E-state index is 3.91. The molecule has 0 bridgehead atoms. The summed E-state index contributed by atoms with van der Waals surface area (Å²) >= 11 is 0. The van der Waals surface area contributed by atoms with Crippen LogP contribution in [-0.4, -0.2) is 21.7 Å². The standard InChI is InChI=1S/C5H10N3P.C2H6/c1-4-5(9-3)8(2)7-6-4;1-2/h9H,1-3H3;1-2H3. The summed E-state index contributed by atoms with van der Waals surface area (Å²) in [5, 5.41) is 7.77. The Labute approximate surface area is 70.0 Å². The van der Waals surface area contributed by atoms with Crippen molar-refractivity contribution in [1.29, 1.82) is 0 Å². The minimum atomic E-state index is 0.790. The Morgan fingerprint density at radius 2 is 1.91 bits per heavy atom. The second kappa shape index (κ2) is 5.25. The van der Waals surface area contributed by atoms with Gasteiger partial charge in [-0.3, -0.25) is 0 Å². The average molecular weight is 173 g/mol. The van der Waals surface area contributed by atoms with Crippen molar-refractivity contribution < 1.29 is 0 Å². The van der Waals surface area contributed by atoms with Gasteiger partial charge in [0.25, 0.3) is 0 Å². The lowest BCUT2D eigenvalue weighted by Gasteiger charge is -1.93. The third-order valence-corrected chi connectivity index (χ3v) is 2.39. The van der Waals surface area contributed by atoms with E-state index in [0.717, 1.165) is 14.3 Å². The van der Waals surface area contributed by atoms with Gasteiger partial charge in [-0.2, -0.15) is 0 Å². The summed E-state index contributed by atoms with van der Waals surface area (Å²) in [6.45, 7) is 8.12. The summed E-state index contributed by atoms with van der Waals surface area (Å²) < 4.78 is 1.83. The fourth-order valence-electron chi connectivity index (χ4n) is 0.803. The number of aryl methyl sites for hydroxylation is 2. The number of aromatic nitrogens is 3. The lowest BCUT2D eigenvalue weighted by molar-refractivity contribution is 0.728. The molecule has 0 aliphatic carbocycles. The molecule has 1 aromatic heterocycles. The lowest BCUT2D eigenvalue weighted by Crippen LogP contribution is -2.09. The topological polar surface area (TPSA) is 30.7 Å². The van der Waals surface area contributed by atoms with Crippen LogP contribution in [0, 0.1) is 6.92 Å². The second-order valence-corrected chi connectivity index (χ2v) is 2.87. The van der Waals surface area contributed by atoms with Gasteiger partial charge in [0.2, 0.25) is 0 Å². The molecule has 3 nitrogen and oxygen atoms in total. The van der Waals surface area contributed by atoms with Gasteiger partial charge >= 0.3 is 0 Å². The van der Waals surface area contributed by atoms with Gasteiger partial charge in [0.1, 0.15) is 0 Å². The zero-order valence-electron chi connectivity index (χ0n) is 7.84. The molecule has 1 unspecified atom stereocenters. The van der Waals surface area contributed by atoms with E-state index in [2.05, 4.69) is 17.0 Å². The van der Waals surface area contributed by atoms with Crippen LogP contribution in [0.4, 0.5) is 0 Å². The van der Waals surface area contributed by atoms with Crippen molar-refractivity contribution in [1.82, 2.24) is 15.0 Å². The van der Waals surface area contributed by atoms with Crippen molar-refractivity contribution in [2.24, 2.45) is 7.05 Å². The normalized spacial score (nSPS) is 9.91. The molecule has 0 N–H and O–H groups in total. The van der Waals surface area contributed by atoms with E-state index in [1.807, 2.05) is 32.5 Å². The smallest absolute Gasteiger partial charge is 0.0870 e. The van der Waals surface area contributed by atoms with Crippen LogP contribution in [0.3, 0.4) is 0 Å². The fourth-order valence-corrected chi connectivity index (χ4v) is 1.58. The maximum Gasteiger partial charge on any atom is 0.0870 e. The van der Waals surface area contributed by atoms with Crippen LogP contribution in [0.2, 0.25) is 0 Å². The van der Waals surface area contributed by atoms with Crippen LogP contribution < -0.4 is 5.44 Å². The number of hydrogen-bond donors (Lipinski definition) is 0. The Morgan fingerprint density at radius 3 is 2.09 bits per heavy atom. The molecule has 64 valence electrons. The van der Waals surface area contributed by atoms with Gasteiger partial charge in [-0.15, -0.1) is 5.10 Å². The van der Waals surface area contributed by atoms with Crippen molar-refractivity contribution >= 4 is 14.0 Å². The molecule has 0 saturated heterocycles. The molecule has 4 heteroatoms. The highest BCUT2D eigenvalue weighted by atomic mass is 31.1. The molecule has 1 rings (SSSR count). The first-order valence-electron chi connectivity index (χ1n) is 3.79. The molecule has 0 radical (unpaired) electrons. The zero-order chi connectivity index (χ0) is 8.85. The molecule has 0 aliphatic rings. The molecule has 0 saturated carbocycles. The van der Waals surface area contributed by atoms with Crippen LogP contribution >= 0.6 is 8.58 Å². The fraction of sp³-hybridized carbons (Fsp3) is 0.714. The summed E-state index contributed by atoms with van der Waals surface area (Å²) in [6.07, 6.45) is 0. The SMILES string of the molecule is CC.CPc1c(C)nnn1C. The van der Waals surface area contributed by atoms with Gasteiger partial charge in [0.05, 0.1) is 11.1 Å². The van der Waals surface area contributed by atoms with Crippen LogP contribution in [0.1, 0.15) is 19.5 Å². The van der Waals surface area contributed by atoms with Crippen LogP contribution in [0.15, 0.2) is 0 Å². The first-order valence-corrected chi connectivity index (χ1v) is 5.29. The van der Waals surface area contributed by atoms with Crippen molar-refractivity contribution in [2.75, 3.05) is 6.66 Å². The molecule has 0 aliphatic heterocycles. The molecule has 0 aromatic carbocycles. The van der Waals surface area contributed by atoms with E-state index in [0.29, 0.717) is 0 Å². The van der Waals surface area contributed by atoms with Crippen LogP contribution in [-0.2, 0) is 7.05 Å². The first kappa shape index (κ1) is 10.6. The molecular formula is C7H16N3P. The summed E-state index contributed by atoms with van der Waals surface area (Å²) in [4.78, 5) is 0. The van der Waals surface area contributed by atoms with Gasteiger partial charge < -0.3 is 0 Å². The Hall–Kier alpha value is -0.430. The van der Waals surface area contributed by atoms with E-state index in [1.165, 1.54) is 5.44 Å². The third-order valence-electron chi connectivity index (χ3n) is 1.23. The minimum Gasteiger partial charge on any atom is -0.248 e. The lowest BCUT2D eigenvalue weighted by atomic mass is 10.6. The zero-order valence-corrected chi connectivity index (χ0v) is 8.84. The number of hydrogen-bond acceptors (Lipinski definition) is 2. The molecule has 1 atom stereocenters. The van der Waals surface area contributed by atoms with Gasteiger partial charge in [-0.25, -0.2) is 4.68 Å². The highest BCUT2D eigenvalue weighted by Crippen LogP contribution is 2.03. The summed E-state index contributed by atoms with van der Waals surface area (Å²) in [7, 11) is 2.71. The average Bonchev–Trinajstić information content (AvgIpc) is 2.35. The largest absolute Gasteiger partial charge is 0.248 e. The highest BCUT2D eigenvalue weighted by Gasteiger charge is 2.00. The van der Waals surface area contributed by atoms with Gasteiger partial charge in [-0.05, 0) is 13.6 Å². The second-order valence-electron chi connectivity index (χ2n) is 1.90. The van der Waals surface area contributed by atoms with Crippen molar-refractivity contribution in [2.45, 2.75) is 20.8 Å². The first-order chi connectivity index (χ1) is 5.25. The predicted molar refractivity (Wildman–Crippen MR) is 51.0 cm³/mol. The van der Waals surface area contributed by atoms with Gasteiger partial charge in [-0.1, -0.05) is 27.6 Å². The minimum absolute atomic E-state index is 0.790. The van der Waals surface area contributed by atoms with Crippen molar-refractivity contribution in [3.8, 4) is 0 Å². The van der Waals surface area contributed by atoms with E-state index in [4.69, 9.17) is 0 Å². The Morgan fingerprint density at radius 1 is 1.36 bits per heavy atom. The van der Waals surface area contributed by atoms with Crippen LogP contribution in [0.5, 0.6) is 0 Å². The van der Waals surface area contributed by atoms with E-state index >= 15 is 0 Å². The van der Waals surface area contributed by atoms with E-state index in [1.54, 1.807) is 0 Å². The number of rotatable bonds is 1. The van der Waals surface area contributed by atoms with E-state index < -0.39 is 0 Å². The maximum absolute atomic E-state index is 3.91. The van der Waals surface area contributed by atoms with E-state index in [9.17, 15) is 0 Å². The number of nitrogens with zero attached hydrogens (tertiary/aromatic N) is 3. The van der Waals surface area contributed by atoms with Gasteiger partial charge in [0.15, 0.2) is 0 Å². The monoisotopic (exact) mass is 173 g/mol. The molecule has 1 aromatic rings. The molecular weight excluding hydrogens is 157 g/mol. The van der Waals surface area contributed by atoms with Crippen molar-refractivity contribution in [3.63, 3.8) is 0 Å². The molecule has 1 heterocycles. The van der Waals surface area contributed by atoms with Crippen molar-refractivity contribution in [3.05, 3.63) is 5.69 Å². The predicted octanol–water partition coefficient (Wildman–Crippen LogP) is 1.08. The Bertz CT molecular complexity index is 188.